The molecule has 1 N–H and O–H groups in total. The summed E-state index contributed by atoms with van der Waals surface area (Å²) in [6.45, 7) is 0.402. The number of carbonyl (C=O) groups excluding carboxylic acids is 1. The van der Waals surface area contributed by atoms with Crippen LogP contribution < -0.4 is 5.32 Å². The highest BCUT2D eigenvalue weighted by atomic mass is 32.2. The number of benzene rings is 1. The summed E-state index contributed by atoms with van der Waals surface area (Å²) < 4.78 is 68.0. The molecular formula is C15H21F3N2O4S. The highest BCUT2D eigenvalue weighted by Crippen LogP contribution is 2.34. The fourth-order valence-electron chi connectivity index (χ4n) is 2.11. The van der Waals surface area contributed by atoms with E-state index < -0.39 is 27.7 Å². The molecule has 0 bridgehead atoms. The summed E-state index contributed by atoms with van der Waals surface area (Å²) in [5.74, 6) is -0.697. The van der Waals surface area contributed by atoms with E-state index in [0.717, 1.165) is 22.7 Å². The van der Waals surface area contributed by atoms with Gasteiger partial charge < -0.3 is 10.1 Å². The number of ether oxygens (including phenoxy) is 1. The Labute approximate surface area is 145 Å². The van der Waals surface area contributed by atoms with Gasteiger partial charge in [0, 0.05) is 33.2 Å². The number of nitrogens with one attached hydrogen (secondary N) is 1. The first-order valence-electron chi connectivity index (χ1n) is 7.46. The smallest absolute Gasteiger partial charge is 0.385 e. The van der Waals surface area contributed by atoms with Crippen molar-refractivity contribution in [3.8, 4) is 0 Å². The van der Waals surface area contributed by atoms with Crippen LogP contribution in [0.5, 0.6) is 0 Å². The van der Waals surface area contributed by atoms with Crippen molar-refractivity contribution < 1.29 is 31.1 Å². The molecule has 1 amide bonds. The lowest BCUT2D eigenvalue weighted by Crippen LogP contribution is -2.34. The number of halogens is 3. The monoisotopic (exact) mass is 382 g/mol. The number of para-hydroxylation sites is 1. The van der Waals surface area contributed by atoms with Gasteiger partial charge in [-0.2, -0.15) is 13.2 Å². The second kappa shape index (κ2) is 9.16. The number of hydrogen-bond donors (Lipinski definition) is 1. The molecule has 0 unspecified atom stereocenters. The number of methoxy groups -OCH3 is 1. The van der Waals surface area contributed by atoms with Crippen LogP contribution in [0.2, 0.25) is 0 Å². The van der Waals surface area contributed by atoms with Crippen LogP contribution in [0.4, 0.5) is 18.9 Å². The van der Waals surface area contributed by atoms with Gasteiger partial charge in [0.15, 0.2) is 0 Å². The highest BCUT2D eigenvalue weighted by molar-refractivity contribution is 7.88. The van der Waals surface area contributed by atoms with Crippen LogP contribution in [-0.4, -0.2) is 51.7 Å². The first kappa shape index (κ1) is 21.4. The normalized spacial score (nSPS) is 12.4. The summed E-state index contributed by atoms with van der Waals surface area (Å²) in [5.41, 5.74) is -1.31. The lowest BCUT2D eigenvalue weighted by Gasteiger charge is -2.20. The third-order valence-electron chi connectivity index (χ3n) is 3.32. The molecule has 1 aromatic rings. The zero-order valence-corrected chi connectivity index (χ0v) is 14.8. The quantitative estimate of drug-likeness (QED) is 0.665. The summed E-state index contributed by atoms with van der Waals surface area (Å²) in [6, 6.07) is 4.61. The van der Waals surface area contributed by atoms with Gasteiger partial charge in [-0.3, -0.25) is 4.79 Å². The van der Waals surface area contributed by atoms with Gasteiger partial charge in [0.05, 0.1) is 17.5 Å². The van der Waals surface area contributed by atoms with Gasteiger partial charge in [0.2, 0.25) is 15.9 Å². The topological polar surface area (TPSA) is 75.7 Å². The number of anilines is 1. The molecule has 0 spiro atoms. The first-order valence-corrected chi connectivity index (χ1v) is 9.30. The van der Waals surface area contributed by atoms with E-state index >= 15 is 0 Å². The second-order valence-corrected chi connectivity index (χ2v) is 7.33. The standard InChI is InChI=1S/C15H21F3N2O4S/c1-24-11-5-9-20(25(2,22)23)10-8-14(21)19-13-7-4-3-6-12(13)15(16,17)18/h3-4,6-7H,5,8-11H2,1-2H3,(H,19,21). The Hall–Kier alpha value is -1.65. The molecule has 0 aromatic heterocycles. The fraction of sp³-hybridized carbons (Fsp3) is 0.533. The van der Waals surface area contributed by atoms with Crippen LogP contribution in [-0.2, 0) is 25.7 Å². The van der Waals surface area contributed by atoms with Gasteiger partial charge in [-0.1, -0.05) is 12.1 Å². The molecule has 0 aliphatic heterocycles. The van der Waals surface area contributed by atoms with Gasteiger partial charge in [-0.25, -0.2) is 12.7 Å². The van der Waals surface area contributed by atoms with Crippen molar-refractivity contribution >= 4 is 21.6 Å². The summed E-state index contributed by atoms with van der Waals surface area (Å²) in [6.07, 6.45) is -3.40. The average molecular weight is 382 g/mol. The molecule has 0 saturated heterocycles. The largest absolute Gasteiger partial charge is 0.418 e. The van der Waals surface area contributed by atoms with Gasteiger partial charge in [0.1, 0.15) is 0 Å². The number of carbonyl (C=O) groups is 1. The Kier molecular flexibility index (Phi) is 7.84. The molecule has 0 fully saturated rings. The predicted molar refractivity (Wildman–Crippen MR) is 87.6 cm³/mol. The van der Waals surface area contributed by atoms with Crippen molar-refractivity contribution in [1.82, 2.24) is 4.31 Å². The lowest BCUT2D eigenvalue weighted by atomic mass is 10.1. The molecule has 6 nitrogen and oxygen atoms in total. The van der Waals surface area contributed by atoms with E-state index in [0.29, 0.717) is 13.0 Å². The minimum atomic E-state index is -4.59. The van der Waals surface area contributed by atoms with Gasteiger partial charge in [-0.15, -0.1) is 0 Å². The van der Waals surface area contributed by atoms with E-state index in [1.807, 2.05) is 0 Å². The number of alkyl halides is 3. The minimum Gasteiger partial charge on any atom is -0.385 e. The number of sulfonamides is 1. The SMILES string of the molecule is COCCCN(CCC(=O)Nc1ccccc1C(F)(F)F)S(C)(=O)=O. The Morgan fingerprint density at radius 2 is 1.88 bits per heavy atom. The van der Waals surface area contributed by atoms with Crippen LogP contribution in [0.15, 0.2) is 24.3 Å². The number of rotatable bonds is 9. The summed E-state index contributed by atoms with van der Waals surface area (Å²) in [5, 5.41) is 2.19. The summed E-state index contributed by atoms with van der Waals surface area (Å²) in [7, 11) is -2.05. The maximum atomic E-state index is 12.9. The number of nitrogens with zero attached hydrogens (tertiary/aromatic N) is 1. The molecule has 1 rings (SSSR count). The van der Waals surface area contributed by atoms with Crippen molar-refractivity contribution in [2.45, 2.75) is 19.0 Å². The Morgan fingerprint density at radius 1 is 1.24 bits per heavy atom. The maximum Gasteiger partial charge on any atom is 0.418 e. The molecule has 0 heterocycles. The van der Waals surface area contributed by atoms with E-state index in [2.05, 4.69) is 5.32 Å². The third kappa shape index (κ3) is 7.41. The predicted octanol–water partition coefficient (Wildman–Crippen LogP) is 2.33. The molecule has 142 valence electrons. The maximum absolute atomic E-state index is 12.9. The zero-order chi connectivity index (χ0) is 19.1. The number of amides is 1. The molecule has 1 aromatic carbocycles. The lowest BCUT2D eigenvalue weighted by molar-refractivity contribution is -0.137. The molecule has 25 heavy (non-hydrogen) atoms. The van der Waals surface area contributed by atoms with Crippen LogP contribution >= 0.6 is 0 Å². The van der Waals surface area contributed by atoms with E-state index in [-0.39, 0.29) is 25.2 Å². The van der Waals surface area contributed by atoms with Crippen LogP contribution in [0.1, 0.15) is 18.4 Å². The van der Waals surface area contributed by atoms with Crippen molar-refractivity contribution in [3.05, 3.63) is 29.8 Å². The van der Waals surface area contributed by atoms with E-state index in [1.165, 1.54) is 19.2 Å². The molecule has 10 heteroatoms. The zero-order valence-electron chi connectivity index (χ0n) is 14.0. The van der Waals surface area contributed by atoms with E-state index in [9.17, 15) is 26.4 Å². The van der Waals surface area contributed by atoms with Crippen LogP contribution in [0.25, 0.3) is 0 Å². The number of hydrogen-bond acceptors (Lipinski definition) is 4. The molecule has 0 saturated carbocycles. The fourth-order valence-corrected chi connectivity index (χ4v) is 2.99. The average Bonchev–Trinajstić information content (AvgIpc) is 2.49. The van der Waals surface area contributed by atoms with E-state index in [4.69, 9.17) is 4.74 Å². The van der Waals surface area contributed by atoms with Gasteiger partial charge >= 0.3 is 6.18 Å². The summed E-state index contributed by atoms with van der Waals surface area (Å²) >= 11 is 0. The molecular weight excluding hydrogens is 361 g/mol. The van der Waals surface area contributed by atoms with Crippen LogP contribution in [0, 0.1) is 0 Å². The van der Waals surface area contributed by atoms with Crippen LogP contribution in [0.3, 0.4) is 0 Å². The molecule has 0 radical (unpaired) electrons. The first-order chi connectivity index (χ1) is 11.6. The summed E-state index contributed by atoms with van der Waals surface area (Å²) in [4.78, 5) is 11.9. The van der Waals surface area contributed by atoms with Gasteiger partial charge in [0.25, 0.3) is 0 Å². The Morgan fingerprint density at radius 3 is 2.44 bits per heavy atom. The minimum absolute atomic E-state index is 0.122. The molecule has 0 atom stereocenters. The Balaban J connectivity index is 2.70. The third-order valence-corrected chi connectivity index (χ3v) is 4.62. The van der Waals surface area contributed by atoms with Crippen molar-refractivity contribution in [2.24, 2.45) is 0 Å². The van der Waals surface area contributed by atoms with Crippen molar-refractivity contribution in [2.75, 3.05) is 38.4 Å². The van der Waals surface area contributed by atoms with Gasteiger partial charge in [-0.05, 0) is 18.6 Å². The molecule has 0 aliphatic rings. The Bertz CT molecular complexity index is 678. The second-order valence-electron chi connectivity index (χ2n) is 5.35. The van der Waals surface area contributed by atoms with E-state index in [1.54, 1.807) is 0 Å². The molecule has 0 aliphatic carbocycles. The van der Waals surface area contributed by atoms with Crippen molar-refractivity contribution in [1.29, 1.82) is 0 Å². The van der Waals surface area contributed by atoms with Crippen molar-refractivity contribution in [3.63, 3.8) is 0 Å². The highest BCUT2D eigenvalue weighted by Gasteiger charge is 2.33.